The van der Waals surface area contributed by atoms with Crippen LogP contribution in [0.25, 0.3) is 10.2 Å². The van der Waals surface area contributed by atoms with E-state index in [1.807, 2.05) is 4.90 Å². The maximum absolute atomic E-state index is 13.1. The van der Waals surface area contributed by atoms with E-state index in [1.165, 1.54) is 12.1 Å². The third-order valence-electron chi connectivity index (χ3n) is 3.34. The van der Waals surface area contributed by atoms with Crippen molar-refractivity contribution in [3.63, 3.8) is 0 Å². The van der Waals surface area contributed by atoms with E-state index in [9.17, 15) is 9.18 Å². The molecule has 20 heavy (non-hydrogen) atoms. The second-order valence-electron chi connectivity index (χ2n) is 4.77. The topological polar surface area (TPSA) is 56.7 Å². The van der Waals surface area contributed by atoms with Crippen LogP contribution in [0.2, 0.25) is 0 Å². The molecule has 0 spiro atoms. The molecular weight excluding hydrogens is 281 g/mol. The molecule has 0 amide bonds. The lowest BCUT2D eigenvalue weighted by molar-refractivity contribution is -0.138. The first-order valence-corrected chi connectivity index (χ1v) is 7.19. The third kappa shape index (κ3) is 2.73. The number of rotatable bonds is 3. The molecule has 0 radical (unpaired) electrons. The van der Waals surface area contributed by atoms with Gasteiger partial charge in [0, 0.05) is 32.2 Å². The van der Waals surface area contributed by atoms with Gasteiger partial charge in [-0.2, -0.15) is 0 Å². The maximum atomic E-state index is 13.1. The number of benzene rings is 1. The van der Waals surface area contributed by atoms with Crippen molar-refractivity contribution >= 4 is 32.7 Å². The molecule has 0 aliphatic carbocycles. The van der Waals surface area contributed by atoms with Crippen LogP contribution in [0.3, 0.4) is 0 Å². The third-order valence-corrected chi connectivity index (χ3v) is 4.44. The van der Waals surface area contributed by atoms with Gasteiger partial charge in [0.05, 0.1) is 16.8 Å². The van der Waals surface area contributed by atoms with E-state index < -0.39 is 5.97 Å². The molecule has 3 rings (SSSR count). The smallest absolute Gasteiger partial charge is 0.317 e. The normalized spacial score (nSPS) is 16.8. The summed E-state index contributed by atoms with van der Waals surface area (Å²) in [6.07, 6.45) is 0. The van der Waals surface area contributed by atoms with Gasteiger partial charge in [0.25, 0.3) is 0 Å². The minimum Gasteiger partial charge on any atom is -0.480 e. The monoisotopic (exact) mass is 295 g/mol. The minimum absolute atomic E-state index is 0.0822. The lowest BCUT2D eigenvalue weighted by atomic mass is 10.3. The summed E-state index contributed by atoms with van der Waals surface area (Å²) < 4.78 is 14.1. The van der Waals surface area contributed by atoms with Crippen LogP contribution in [0.5, 0.6) is 0 Å². The summed E-state index contributed by atoms with van der Waals surface area (Å²) in [7, 11) is 0. The van der Waals surface area contributed by atoms with E-state index >= 15 is 0 Å². The van der Waals surface area contributed by atoms with Crippen LogP contribution in [0.1, 0.15) is 0 Å². The van der Waals surface area contributed by atoms with Gasteiger partial charge in [-0.3, -0.25) is 9.69 Å². The Bertz CT molecular complexity index is 638. The van der Waals surface area contributed by atoms with Crippen molar-refractivity contribution in [1.82, 2.24) is 9.88 Å². The predicted molar refractivity (Wildman–Crippen MR) is 75.9 cm³/mol. The average molecular weight is 295 g/mol. The van der Waals surface area contributed by atoms with E-state index in [-0.39, 0.29) is 12.4 Å². The second kappa shape index (κ2) is 5.34. The van der Waals surface area contributed by atoms with Gasteiger partial charge in [-0.15, -0.1) is 0 Å². The Morgan fingerprint density at radius 2 is 2.10 bits per heavy atom. The molecule has 1 aliphatic heterocycles. The number of carboxylic acid groups (broad SMARTS) is 1. The van der Waals surface area contributed by atoms with Crippen LogP contribution in [0, 0.1) is 5.82 Å². The summed E-state index contributed by atoms with van der Waals surface area (Å²) in [5.74, 6) is -1.07. The maximum Gasteiger partial charge on any atom is 0.317 e. The van der Waals surface area contributed by atoms with Gasteiger partial charge in [-0.05, 0) is 12.1 Å². The van der Waals surface area contributed by atoms with Crippen LogP contribution in [0.15, 0.2) is 18.2 Å². The SMILES string of the molecule is O=C(O)CN1CCN(c2nc3cc(F)ccc3s2)CC1. The zero-order chi connectivity index (χ0) is 14.1. The van der Waals surface area contributed by atoms with Gasteiger partial charge in [0.15, 0.2) is 5.13 Å². The number of nitrogens with zero attached hydrogens (tertiary/aromatic N) is 3. The van der Waals surface area contributed by atoms with Crippen LogP contribution < -0.4 is 4.90 Å². The van der Waals surface area contributed by atoms with E-state index in [0.717, 1.165) is 22.9 Å². The average Bonchev–Trinajstić information content (AvgIpc) is 2.81. The number of anilines is 1. The van der Waals surface area contributed by atoms with Crippen LogP contribution >= 0.6 is 11.3 Å². The molecule has 1 saturated heterocycles. The fourth-order valence-electron chi connectivity index (χ4n) is 2.31. The van der Waals surface area contributed by atoms with E-state index in [1.54, 1.807) is 17.4 Å². The molecule has 0 bridgehead atoms. The van der Waals surface area contributed by atoms with Gasteiger partial charge in [-0.1, -0.05) is 11.3 Å². The molecule has 7 heteroatoms. The van der Waals surface area contributed by atoms with Gasteiger partial charge in [0.2, 0.25) is 0 Å². The molecule has 0 saturated carbocycles. The largest absolute Gasteiger partial charge is 0.480 e. The first-order valence-electron chi connectivity index (χ1n) is 6.37. The van der Waals surface area contributed by atoms with Crippen LogP contribution in [0.4, 0.5) is 9.52 Å². The van der Waals surface area contributed by atoms with Crippen molar-refractivity contribution in [3.05, 3.63) is 24.0 Å². The number of thiazole rings is 1. The number of aromatic nitrogens is 1. The first kappa shape index (κ1) is 13.3. The van der Waals surface area contributed by atoms with E-state index in [2.05, 4.69) is 9.88 Å². The fourth-order valence-corrected chi connectivity index (χ4v) is 3.31. The zero-order valence-corrected chi connectivity index (χ0v) is 11.6. The van der Waals surface area contributed by atoms with E-state index in [4.69, 9.17) is 5.11 Å². The molecule has 2 aromatic rings. The van der Waals surface area contributed by atoms with Gasteiger partial charge in [0.1, 0.15) is 5.82 Å². The molecule has 0 atom stereocenters. The zero-order valence-electron chi connectivity index (χ0n) is 10.8. The molecular formula is C13H14FN3O2S. The summed E-state index contributed by atoms with van der Waals surface area (Å²) in [4.78, 5) is 19.2. The second-order valence-corrected chi connectivity index (χ2v) is 5.77. The quantitative estimate of drug-likeness (QED) is 0.933. The highest BCUT2D eigenvalue weighted by atomic mass is 32.1. The Labute approximate surface area is 119 Å². The highest BCUT2D eigenvalue weighted by Gasteiger charge is 2.21. The number of carbonyl (C=O) groups is 1. The Morgan fingerprint density at radius 1 is 1.35 bits per heavy atom. The molecule has 1 aliphatic rings. The standard InChI is InChI=1S/C13H14FN3O2S/c14-9-1-2-11-10(7-9)15-13(20-11)17-5-3-16(4-6-17)8-12(18)19/h1-2,7H,3-6,8H2,(H,18,19). The molecule has 1 fully saturated rings. The summed E-state index contributed by atoms with van der Waals surface area (Å²) in [5.41, 5.74) is 0.679. The van der Waals surface area contributed by atoms with Gasteiger partial charge in [-0.25, -0.2) is 9.37 Å². The van der Waals surface area contributed by atoms with Crippen molar-refractivity contribution in [2.45, 2.75) is 0 Å². The number of hydrogen-bond acceptors (Lipinski definition) is 5. The van der Waals surface area contributed by atoms with Gasteiger partial charge < -0.3 is 10.0 Å². The number of piperazine rings is 1. The number of hydrogen-bond donors (Lipinski definition) is 1. The van der Waals surface area contributed by atoms with Crippen molar-refractivity contribution < 1.29 is 14.3 Å². The van der Waals surface area contributed by atoms with Crippen LogP contribution in [-0.2, 0) is 4.79 Å². The Morgan fingerprint density at radius 3 is 2.80 bits per heavy atom. The summed E-state index contributed by atoms with van der Waals surface area (Å²) in [6, 6.07) is 4.62. The molecule has 1 aromatic carbocycles. The fraction of sp³-hybridized carbons (Fsp3) is 0.385. The number of aliphatic carboxylic acids is 1. The van der Waals surface area contributed by atoms with Crippen molar-refractivity contribution in [1.29, 1.82) is 0 Å². The van der Waals surface area contributed by atoms with Gasteiger partial charge >= 0.3 is 5.97 Å². The van der Waals surface area contributed by atoms with Crippen molar-refractivity contribution in [3.8, 4) is 0 Å². The lowest BCUT2D eigenvalue weighted by Gasteiger charge is -2.33. The van der Waals surface area contributed by atoms with Crippen LogP contribution in [-0.4, -0.2) is 53.7 Å². The molecule has 5 nitrogen and oxygen atoms in total. The molecule has 1 N–H and O–H groups in total. The molecule has 1 aromatic heterocycles. The van der Waals surface area contributed by atoms with Crippen molar-refractivity contribution in [2.75, 3.05) is 37.6 Å². The summed E-state index contributed by atoms with van der Waals surface area (Å²) >= 11 is 1.54. The van der Waals surface area contributed by atoms with E-state index in [0.29, 0.717) is 18.6 Å². The lowest BCUT2D eigenvalue weighted by Crippen LogP contribution is -2.47. The molecule has 0 unspecified atom stereocenters. The van der Waals surface area contributed by atoms with Crippen molar-refractivity contribution in [2.24, 2.45) is 0 Å². The number of fused-ring (bicyclic) bond motifs is 1. The Balaban J connectivity index is 1.71. The predicted octanol–water partition coefficient (Wildman–Crippen LogP) is 1.64. The minimum atomic E-state index is -0.797. The molecule has 106 valence electrons. The summed E-state index contributed by atoms with van der Waals surface area (Å²) in [6.45, 7) is 2.98. The number of carboxylic acids is 1. The Kier molecular flexibility index (Phi) is 3.54. The molecule has 2 heterocycles. The summed E-state index contributed by atoms with van der Waals surface area (Å²) in [5, 5.41) is 9.64. The highest BCUT2D eigenvalue weighted by molar-refractivity contribution is 7.22. The number of halogens is 1. The first-order chi connectivity index (χ1) is 9.61. The highest BCUT2D eigenvalue weighted by Crippen LogP contribution is 2.29. The Hall–Kier alpha value is -1.73.